The average molecular weight is 351 g/mol. The summed E-state index contributed by atoms with van der Waals surface area (Å²) in [5.74, 6) is 1.70. The zero-order valence-electron chi connectivity index (χ0n) is 11.8. The first-order valence-electron chi connectivity index (χ1n) is 7.46. The highest BCUT2D eigenvalue weighted by Crippen LogP contribution is 2.49. The summed E-state index contributed by atoms with van der Waals surface area (Å²) in [6.45, 7) is 0. The van der Waals surface area contributed by atoms with Gasteiger partial charge in [-0.2, -0.15) is 0 Å². The number of hydrogen-bond acceptors (Lipinski definition) is 2. The highest BCUT2D eigenvalue weighted by Gasteiger charge is 2.40. The van der Waals surface area contributed by atoms with Gasteiger partial charge in [0.15, 0.2) is 0 Å². The molecular weight excluding hydrogens is 332 g/mol. The van der Waals surface area contributed by atoms with Crippen molar-refractivity contribution in [3.8, 4) is 0 Å². The summed E-state index contributed by atoms with van der Waals surface area (Å²) in [6.07, 6.45) is 5.61. The molecule has 3 unspecified atom stereocenters. The zero-order valence-corrected chi connectivity index (χ0v) is 13.4. The quantitative estimate of drug-likeness (QED) is 0.823. The minimum absolute atomic E-state index is 0.0852. The van der Waals surface area contributed by atoms with Gasteiger partial charge < -0.3 is 0 Å². The smallest absolute Gasteiger partial charge is 0.269 e. The molecule has 0 radical (unpaired) electrons. The molecule has 2 fully saturated rings. The van der Waals surface area contributed by atoms with Crippen LogP contribution in [0.1, 0.15) is 42.5 Å². The van der Waals surface area contributed by atoms with Gasteiger partial charge >= 0.3 is 0 Å². The van der Waals surface area contributed by atoms with Crippen molar-refractivity contribution in [3.05, 3.63) is 34.3 Å². The van der Waals surface area contributed by atoms with Crippen molar-refractivity contribution in [3.63, 3.8) is 0 Å². The van der Waals surface area contributed by atoms with Crippen LogP contribution in [0.25, 0.3) is 0 Å². The Morgan fingerprint density at radius 2 is 1.86 bits per heavy atom. The summed E-state index contributed by atoms with van der Waals surface area (Å²) in [5.41, 5.74) is 5.54. The molecule has 0 aromatic heterocycles. The Balaban J connectivity index is 1.45. The summed E-state index contributed by atoms with van der Waals surface area (Å²) in [4.78, 5) is 23.8. The van der Waals surface area contributed by atoms with Crippen LogP contribution in [-0.4, -0.2) is 11.8 Å². The molecule has 0 heterocycles. The number of amides is 2. The lowest BCUT2D eigenvalue weighted by molar-refractivity contribution is -0.123. The molecule has 2 N–H and O–H groups in total. The molecule has 21 heavy (non-hydrogen) atoms. The summed E-state index contributed by atoms with van der Waals surface area (Å²) in [7, 11) is 0. The van der Waals surface area contributed by atoms with E-state index in [9.17, 15) is 9.59 Å². The van der Waals surface area contributed by atoms with E-state index in [1.54, 1.807) is 24.3 Å². The van der Waals surface area contributed by atoms with E-state index in [1.807, 2.05) is 0 Å². The SMILES string of the molecule is O=C(CC1CC2CCC1C2)NNC(=O)c1ccc(Br)cc1. The topological polar surface area (TPSA) is 58.2 Å². The normalized spacial score (nSPS) is 26.6. The molecule has 3 atom stereocenters. The van der Waals surface area contributed by atoms with Gasteiger partial charge in [-0.1, -0.05) is 22.4 Å². The Bertz CT molecular complexity index is 544. The van der Waals surface area contributed by atoms with Crippen LogP contribution in [-0.2, 0) is 4.79 Å². The van der Waals surface area contributed by atoms with E-state index in [0.717, 1.165) is 16.3 Å². The fourth-order valence-electron chi connectivity index (χ4n) is 3.72. The number of nitrogens with one attached hydrogen (secondary N) is 2. The van der Waals surface area contributed by atoms with Crippen LogP contribution in [0.3, 0.4) is 0 Å². The van der Waals surface area contributed by atoms with Crippen LogP contribution in [0.2, 0.25) is 0 Å². The van der Waals surface area contributed by atoms with Gasteiger partial charge in [-0.25, -0.2) is 0 Å². The second kappa shape index (κ2) is 6.18. The van der Waals surface area contributed by atoms with E-state index < -0.39 is 0 Å². The zero-order chi connectivity index (χ0) is 14.8. The largest absolute Gasteiger partial charge is 0.273 e. The third kappa shape index (κ3) is 3.46. The molecule has 0 spiro atoms. The maximum Gasteiger partial charge on any atom is 0.269 e. The molecule has 0 aliphatic heterocycles. The second-order valence-electron chi connectivity index (χ2n) is 6.15. The molecule has 2 amide bonds. The monoisotopic (exact) mass is 350 g/mol. The number of hydrazine groups is 1. The molecule has 3 rings (SSSR count). The van der Waals surface area contributed by atoms with E-state index in [4.69, 9.17) is 0 Å². The first-order valence-corrected chi connectivity index (χ1v) is 8.26. The van der Waals surface area contributed by atoms with E-state index in [2.05, 4.69) is 26.8 Å². The van der Waals surface area contributed by atoms with Gasteiger partial charge in [0.2, 0.25) is 5.91 Å². The van der Waals surface area contributed by atoms with Gasteiger partial charge in [0.25, 0.3) is 5.91 Å². The van der Waals surface area contributed by atoms with Gasteiger partial charge in [0.1, 0.15) is 0 Å². The molecule has 2 aliphatic rings. The fourth-order valence-corrected chi connectivity index (χ4v) is 3.98. The Kier molecular flexibility index (Phi) is 4.29. The van der Waals surface area contributed by atoms with Crippen molar-refractivity contribution in [2.45, 2.75) is 32.1 Å². The maximum absolute atomic E-state index is 11.9. The maximum atomic E-state index is 11.9. The third-order valence-electron chi connectivity index (χ3n) is 4.75. The summed E-state index contributed by atoms with van der Waals surface area (Å²) < 4.78 is 0.916. The number of halogens is 1. The molecule has 1 aromatic rings. The van der Waals surface area contributed by atoms with Crippen molar-refractivity contribution < 1.29 is 9.59 Å². The highest BCUT2D eigenvalue weighted by atomic mass is 79.9. The van der Waals surface area contributed by atoms with Crippen molar-refractivity contribution >= 4 is 27.7 Å². The van der Waals surface area contributed by atoms with E-state index in [0.29, 0.717) is 17.9 Å². The number of rotatable bonds is 3. The third-order valence-corrected chi connectivity index (χ3v) is 5.28. The van der Waals surface area contributed by atoms with Crippen molar-refractivity contribution in [2.75, 3.05) is 0 Å². The van der Waals surface area contributed by atoms with Gasteiger partial charge in [0, 0.05) is 16.5 Å². The molecule has 0 saturated heterocycles. The molecular formula is C16H19BrN2O2. The number of benzene rings is 1. The van der Waals surface area contributed by atoms with Gasteiger partial charge in [-0.3, -0.25) is 20.4 Å². The summed E-state index contributed by atoms with van der Waals surface area (Å²) in [5, 5.41) is 0. The van der Waals surface area contributed by atoms with E-state index >= 15 is 0 Å². The first-order chi connectivity index (χ1) is 10.1. The second-order valence-corrected chi connectivity index (χ2v) is 7.06. The molecule has 4 nitrogen and oxygen atoms in total. The van der Waals surface area contributed by atoms with Crippen LogP contribution in [0.5, 0.6) is 0 Å². The van der Waals surface area contributed by atoms with Crippen LogP contribution in [0, 0.1) is 17.8 Å². The van der Waals surface area contributed by atoms with E-state index in [1.165, 1.54) is 25.7 Å². The predicted molar refractivity (Wildman–Crippen MR) is 83.3 cm³/mol. The van der Waals surface area contributed by atoms with Crippen LogP contribution in [0.4, 0.5) is 0 Å². The molecule has 112 valence electrons. The lowest BCUT2D eigenvalue weighted by Crippen LogP contribution is -2.42. The van der Waals surface area contributed by atoms with E-state index in [-0.39, 0.29) is 11.8 Å². The number of carbonyl (C=O) groups is 2. The Labute approximate surface area is 132 Å². The molecule has 2 saturated carbocycles. The first kappa shape index (κ1) is 14.6. The van der Waals surface area contributed by atoms with Crippen LogP contribution < -0.4 is 10.9 Å². The lowest BCUT2D eigenvalue weighted by atomic mass is 9.86. The predicted octanol–water partition coefficient (Wildman–Crippen LogP) is 3.04. The average Bonchev–Trinajstić information content (AvgIpc) is 3.08. The Morgan fingerprint density at radius 1 is 1.10 bits per heavy atom. The number of hydrogen-bond donors (Lipinski definition) is 2. The van der Waals surface area contributed by atoms with Gasteiger partial charge in [-0.05, 0) is 61.3 Å². The molecule has 1 aromatic carbocycles. The van der Waals surface area contributed by atoms with Crippen molar-refractivity contribution in [1.82, 2.24) is 10.9 Å². The standard InChI is InChI=1S/C16H19BrN2O2/c17-14-5-3-11(4-6-14)16(21)19-18-15(20)9-13-8-10-1-2-12(13)7-10/h3-6,10,12-13H,1-2,7-9H2,(H,18,20)(H,19,21). The van der Waals surface area contributed by atoms with Crippen molar-refractivity contribution in [1.29, 1.82) is 0 Å². The lowest BCUT2D eigenvalue weighted by Gasteiger charge is -2.20. The highest BCUT2D eigenvalue weighted by molar-refractivity contribution is 9.10. The summed E-state index contributed by atoms with van der Waals surface area (Å²) >= 11 is 3.32. The Hall–Kier alpha value is -1.36. The van der Waals surface area contributed by atoms with Gasteiger partial charge in [0.05, 0.1) is 0 Å². The minimum Gasteiger partial charge on any atom is -0.273 e. The molecule has 2 aliphatic carbocycles. The molecule has 2 bridgehead atoms. The minimum atomic E-state index is -0.288. The molecule has 5 heteroatoms. The van der Waals surface area contributed by atoms with Gasteiger partial charge in [-0.15, -0.1) is 0 Å². The van der Waals surface area contributed by atoms with Crippen LogP contribution >= 0.6 is 15.9 Å². The number of fused-ring (bicyclic) bond motifs is 2. The van der Waals surface area contributed by atoms with Crippen LogP contribution in [0.15, 0.2) is 28.7 Å². The van der Waals surface area contributed by atoms with Crippen molar-refractivity contribution in [2.24, 2.45) is 17.8 Å². The fraction of sp³-hybridized carbons (Fsp3) is 0.500. The summed E-state index contributed by atoms with van der Waals surface area (Å²) in [6, 6.07) is 7.01. The Morgan fingerprint density at radius 3 is 2.48 bits per heavy atom. The number of carbonyl (C=O) groups excluding carboxylic acids is 2.